The maximum absolute atomic E-state index is 12.8. The third-order valence-electron chi connectivity index (χ3n) is 2.53. The van der Waals surface area contributed by atoms with Crippen molar-refractivity contribution in [2.75, 3.05) is 0 Å². The number of para-hydroxylation sites is 1. The Morgan fingerprint density at radius 1 is 1.19 bits per heavy atom. The van der Waals surface area contributed by atoms with Gasteiger partial charge in [-0.25, -0.2) is 8.78 Å². The Morgan fingerprint density at radius 2 is 1.76 bits per heavy atom. The van der Waals surface area contributed by atoms with Gasteiger partial charge in [0.15, 0.2) is 0 Å². The zero-order chi connectivity index (χ0) is 16.2. The number of carbonyl (C=O) groups excluding carboxylic acids is 1. The predicted molar refractivity (Wildman–Crippen MR) is 60.6 cm³/mol. The summed E-state index contributed by atoms with van der Waals surface area (Å²) in [7, 11) is 0. The fourth-order valence-electron chi connectivity index (χ4n) is 1.51. The lowest BCUT2D eigenvalue weighted by atomic mass is 10.1. The second-order valence-corrected chi connectivity index (χ2v) is 4.04. The van der Waals surface area contributed by atoms with Crippen LogP contribution in [-0.4, -0.2) is 24.9 Å². The fraction of sp³-hybridized carbons (Fsp3) is 0.417. The monoisotopic (exact) mass is 315 g/mol. The van der Waals surface area contributed by atoms with Crippen LogP contribution in [0.5, 0.6) is 5.75 Å². The summed E-state index contributed by atoms with van der Waals surface area (Å²) in [4.78, 5) is 11.1. The molecule has 0 aliphatic carbocycles. The summed E-state index contributed by atoms with van der Waals surface area (Å²) in [5.74, 6) is -7.41. The average molecular weight is 315 g/mol. The van der Waals surface area contributed by atoms with Gasteiger partial charge in [-0.3, -0.25) is 4.79 Å². The first-order valence-corrected chi connectivity index (χ1v) is 5.67. The van der Waals surface area contributed by atoms with E-state index in [2.05, 4.69) is 4.74 Å². The van der Waals surface area contributed by atoms with Crippen molar-refractivity contribution in [1.29, 1.82) is 0 Å². The van der Waals surface area contributed by atoms with E-state index in [1.807, 2.05) is 0 Å². The van der Waals surface area contributed by atoms with Gasteiger partial charge in [0, 0.05) is 5.56 Å². The van der Waals surface area contributed by atoms with E-state index in [1.165, 1.54) is 25.1 Å². The van der Waals surface area contributed by atoms with E-state index < -0.39 is 30.9 Å². The largest absolute Gasteiger partial charge is 0.434 e. The molecule has 1 atom stereocenters. The summed E-state index contributed by atoms with van der Waals surface area (Å²) >= 11 is 0. The van der Waals surface area contributed by atoms with Gasteiger partial charge in [-0.1, -0.05) is 18.2 Å². The van der Waals surface area contributed by atoms with Crippen molar-refractivity contribution in [2.45, 2.75) is 31.9 Å². The Bertz CT molecular complexity index is 494. The van der Waals surface area contributed by atoms with Crippen LogP contribution >= 0.6 is 0 Å². The van der Waals surface area contributed by atoms with Gasteiger partial charge in [-0.05, 0) is 13.0 Å². The van der Waals surface area contributed by atoms with Crippen molar-refractivity contribution in [1.82, 2.24) is 5.32 Å². The molecule has 0 bridgehead atoms. The Labute approximate surface area is 115 Å². The van der Waals surface area contributed by atoms with Crippen molar-refractivity contribution in [3.05, 3.63) is 29.8 Å². The lowest BCUT2D eigenvalue weighted by Gasteiger charge is -2.21. The molecule has 21 heavy (non-hydrogen) atoms. The van der Waals surface area contributed by atoms with Crippen molar-refractivity contribution in [2.24, 2.45) is 0 Å². The number of alkyl halides is 6. The second kappa shape index (κ2) is 6.68. The van der Waals surface area contributed by atoms with Crippen LogP contribution in [0.15, 0.2) is 24.3 Å². The van der Waals surface area contributed by atoms with Crippen LogP contribution < -0.4 is 10.1 Å². The minimum Gasteiger partial charge on any atom is -0.434 e. The maximum Gasteiger partial charge on any atom is 0.387 e. The molecule has 0 aliphatic rings. The van der Waals surface area contributed by atoms with E-state index in [0.717, 1.165) is 6.07 Å². The number of halogens is 6. The van der Waals surface area contributed by atoms with Gasteiger partial charge in [0.2, 0.25) is 0 Å². The van der Waals surface area contributed by atoms with Crippen molar-refractivity contribution in [3.63, 3.8) is 0 Å². The molecule has 0 aromatic heterocycles. The number of amides is 1. The highest BCUT2D eigenvalue weighted by atomic mass is 19.3. The van der Waals surface area contributed by atoms with Crippen molar-refractivity contribution < 1.29 is 35.9 Å². The van der Waals surface area contributed by atoms with Gasteiger partial charge in [0.05, 0.1) is 6.04 Å². The van der Waals surface area contributed by atoms with Gasteiger partial charge in [0.25, 0.3) is 5.91 Å². The Hall–Kier alpha value is -1.93. The van der Waals surface area contributed by atoms with Crippen LogP contribution in [0.3, 0.4) is 0 Å². The molecule has 0 aliphatic heterocycles. The van der Waals surface area contributed by atoms with Gasteiger partial charge >= 0.3 is 19.0 Å². The maximum atomic E-state index is 12.8. The van der Waals surface area contributed by atoms with E-state index in [9.17, 15) is 31.1 Å². The van der Waals surface area contributed by atoms with Crippen molar-refractivity contribution >= 4 is 5.91 Å². The van der Waals surface area contributed by atoms with Crippen LogP contribution in [0, 0.1) is 0 Å². The second-order valence-electron chi connectivity index (χ2n) is 4.04. The lowest BCUT2D eigenvalue weighted by Crippen LogP contribution is -2.46. The normalized spacial score (nSPS) is 13.4. The number of hydrogen-bond donors (Lipinski definition) is 1. The molecule has 9 heteroatoms. The highest BCUT2D eigenvalue weighted by molar-refractivity contribution is 5.84. The molecule has 1 aromatic rings. The Balaban J connectivity index is 2.90. The molecule has 1 N–H and O–H groups in total. The summed E-state index contributed by atoms with van der Waals surface area (Å²) in [5.41, 5.74) is -0.0452. The first-order chi connectivity index (χ1) is 9.66. The highest BCUT2D eigenvalue weighted by Gasteiger charge is 2.49. The first-order valence-electron chi connectivity index (χ1n) is 5.67. The average Bonchev–Trinajstić information content (AvgIpc) is 2.38. The minimum atomic E-state index is -4.87. The summed E-state index contributed by atoms with van der Waals surface area (Å²) < 4.78 is 78.2. The topological polar surface area (TPSA) is 38.3 Å². The van der Waals surface area contributed by atoms with Crippen LogP contribution in [0.4, 0.5) is 26.3 Å². The lowest BCUT2D eigenvalue weighted by molar-refractivity contribution is -0.170. The first kappa shape index (κ1) is 17.1. The minimum absolute atomic E-state index is 0.0452. The van der Waals surface area contributed by atoms with E-state index in [1.54, 1.807) is 5.32 Å². The molecule has 0 fully saturated rings. The standard InChI is InChI=1S/C12H11F6NO2/c1-6(19-10(20)12(17,18)9(13)14)7-4-2-3-5-8(7)21-11(15)16/h2-6,9,11H,1H3,(H,19,20). The third-order valence-corrected chi connectivity index (χ3v) is 2.53. The van der Waals surface area contributed by atoms with Gasteiger partial charge < -0.3 is 10.1 Å². The van der Waals surface area contributed by atoms with Gasteiger partial charge in [-0.2, -0.15) is 17.6 Å². The molecule has 1 unspecified atom stereocenters. The molecule has 0 heterocycles. The number of carbonyl (C=O) groups is 1. The van der Waals surface area contributed by atoms with Gasteiger partial charge in [-0.15, -0.1) is 0 Å². The number of nitrogens with one attached hydrogen (secondary N) is 1. The van der Waals surface area contributed by atoms with E-state index in [4.69, 9.17) is 0 Å². The zero-order valence-corrected chi connectivity index (χ0v) is 10.6. The molecule has 1 aromatic carbocycles. The van der Waals surface area contributed by atoms with E-state index in [-0.39, 0.29) is 11.3 Å². The third kappa shape index (κ3) is 4.27. The number of hydrogen-bond acceptors (Lipinski definition) is 2. The fourth-order valence-corrected chi connectivity index (χ4v) is 1.51. The Kier molecular flexibility index (Phi) is 5.45. The number of benzene rings is 1. The molecular formula is C12H11F6NO2. The molecule has 118 valence electrons. The number of rotatable bonds is 6. The summed E-state index contributed by atoms with van der Waals surface area (Å²) in [6.45, 7) is -1.98. The quantitative estimate of drug-likeness (QED) is 0.818. The number of ether oxygens (including phenoxy) is 1. The van der Waals surface area contributed by atoms with Crippen molar-refractivity contribution in [3.8, 4) is 5.75 Å². The summed E-state index contributed by atoms with van der Waals surface area (Å²) in [5, 5.41) is 1.64. The van der Waals surface area contributed by atoms with Crippen LogP contribution in [0.2, 0.25) is 0 Å². The SMILES string of the molecule is CC(NC(=O)C(F)(F)C(F)F)c1ccccc1OC(F)F. The Morgan fingerprint density at radius 3 is 2.29 bits per heavy atom. The summed E-state index contributed by atoms with van der Waals surface area (Å²) in [6.07, 6.45) is -4.17. The van der Waals surface area contributed by atoms with Crippen LogP contribution in [0.25, 0.3) is 0 Å². The van der Waals surface area contributed by atoms with E-state index in [0.29, 0.717) is 0 Å². The van der Waals surface area contributed by atoms with E-state index >= 15 is 0 Å². The molecule has 0 radical (unpaired) electrons. The zero-order valence-electron chi connectivity index (χ0n) is 10.6. The summed E-state index contributed by atoms with van der Waals surface area (Å²) in [6, 6.07) is 3.89. The van der Waals surface area contributed by atoms with Crippen LogP contribution in [0.1, 0.15) is 18.5 Å². The molecule has 1 rings (SSSR count). The smallest absolute Gasteiger partial charge is 0.387 e. The predicted octanol–water partition coefficient (Wildman–Crippen LogP) is 3.37. The highest BCUT2D eigenvalue weighted by Crippen LogP contribution is 2.28. The molecular weight excluding hydrogens is 304 g/mol. The molecule has 3 nitrogen and oxygen atoms in total. The molecule has 0 saturated heterocycles. The van der Waals surface area contributed by atoms with Crippen LogP contribution in [-0.2, 0) is 4.79 Å². The molecule has 0 spiro atoms. The molecule has 0 saturated carbocycles. The van der Waals surface area contributed by atoms with Gasteiger partial charge in [0.1, 0.15) is 5.75 Å². The molecule has 1 amide bonds.